The fraction of sp³-hybridized carbons (Fsp3) is 0.562. The number of nitrogen functional groups attached to an aromatic ring is 1. The van der Waals surface area contributed by atoms with E-state index in [1.54, 1.807) is 12.1 Å². The number of benzene rings is 1. The van der Waals surface area contributed by atoms with Gasteiger partial charge in [-0.25, -0.2) is 0 Å². The smallest absolute Gasteiger partial charge is 0.255 e. The highest BCUT2D eigenvalue weighted by atomic mass is 35.5. The molecule has 0 saturated carbocycles. The number of amides is 1. The Bertz CT molecular complexity index is 536. The van der Waals surface area contributed by atoms with Crippen LogP contribution < -0.4 is 15.8 Å². The molecule has 1 aromatic carbocycles. The normalized spacial score (nSPS) is 19.0. The number of carbonyl (C=O) groups excluding carboxylic acids is 1. The number of nitrogens with zero attached hydrogens (tertiary/aromatic N) is 1. The summed E-state index contributed by atoms with van der Waals surface area (Å²) in [5.74, 6) is 0.256. The fourth-order valence-corrected chi connectivity index (χ4v) is 3.04. The van der Waals surface area contributed by atoms with Crippen LogP contribution in [0.2, 0.25) is 5.02 Å². The van der Waals surface area contributed by atoms with E-state index < -0.39 is 0 Å². The summed E-state index contributed by atoms with van der Waals surface area (Å²) in [5, 5.41) is 3.30. The van der Waals surface area contributed by atoms with Crippen LogP contribution in [0.4, 0.5) is 5.69 Å². The molecule has 1 aliphatic heterocycles. The summed E-state index contributed by atoms with van der Waals surface area (Å²) in [5.41, 5.74) is 6.55. The average molecular weight is 326 g/mol. The third kappa shape index (κ3) is 4.05. The second kappa shape index (κ2) is 7.70. The van der Waals surface area contributed by atoms with Crippen molar-refractivity contribution in [2.24, 2.45) is 0 Å². The van der Waals surface area contributed by atoms with Gasteiger partial charge in [0.05, 0.1) is 23.4 Å². The number of rotatable bonds is 5. The molecule has 1 heterocycles. The summed E-state index contributed by atoms with van der Waals surface area (Å²) in [6.07, 6.45) is 4.68. The van der Waals surface area contributed by atoms with Crippen LogP contribution in [0.15, 0.2) is 12.1 Å². The van der Waals surface area contributed by atoms with E-state index in [1.807, 2.05) is 0 Å². The van der Waals surface area contributed by atoms with Crippen molar-refractivity contribution in [1.82, 2.24) is 10.2 Å². The molecule has 0 radical (unpaired) electrons. The molecule has 0 spiro atoms. The molecule has 0 aliphatic carbocycles. The fourth-order valence-electron chi connectivity index (χ4n) is 2.87. The van der Waals surface area contributed by atoms with E-state index in [9.17, 15) is 4.79 Å². The molecular formula is C16H24ClN3O2. The second-order valence-electron chi connectivity index (χ2n) is 5.75. The Morgan fingerprint density at radius 3 is 2.95 bits per heavy atom. The molecule has 1 fully saturated rings. The highest BCUT2D eigenvalue weighted by Gasteiger charge is 2.19. The van der Waals surface area contributed by atoms with E-state index in [4.69, 9.17) is 22.1 Å². The van der Waals surface area contributed by atoms with Gasteiger partial charge >= 0.3 is 0 Å². The Labute approximate surface area is 136 Å². The summed E-state index contributed by atoms with van der Waals surface area (Å²) in [6.45, 7) is 1.78. The number of likely N-dealkylation sites (tertiary alicyclic amines) is 1. The van der Waals surface area contributed by atoms with Gasteiger partial charge in [-0.1, -0.05) is 18.0 Å². The largest absolute Gasteiger partial charge is 0.496 e. The molecule has 122 valence electrons. The van der Waals surface area contributed by atoms with Gasteiger partial charge in [-0.15, -0.1) is 0 Å². The van der Waals surface area contributed by atoms with Crippen LogP contribution in [-0.2, 0) is 0 Å². The number of ether oxygens (including phenoxy) is 1. The number of hydrogen-bond acceptors (Lipinski definition) is 4. The second-order valence-corrected chi connectivity index (χ2v) is 6.16. The van der Waals surface area contributed by atoms with Gasteiger partial charge in [-0.05, 0) is 38.9 Å². The first kappa shape index (κ1) is 16.9. The van der Waals surface area contributed by atoms with Crippen molar-refractivity contribution >= 4 is 23.2 Å². The van der Waals surface area contributed by atoms with Crippen molar-refractivity contribution in [1.29, 1.82) is 0 Å². The van der Waals surface area contributed by atoms with Gasteiger partial charge in [-0.2, -0.15) is 0 Å². The van der Waals surface area contributed by atoms with Crippen LogP contribution in [0.5, 0.6) is 5.75 Å². The molecule has 0 bridgehead atoms. The van der Waals surface area contributed by atoms with Crippen molar-refractivity contribution in [3.63, 3.8) is 0 Å². The number of piperidine rings is 1. The number of nitrogens with one attached hydrogen (secondary N) is 1. The van der Waals surface area contributed by atoms with E-state index >= 15 is 0 Å². The maximum Gasteiger partial charge on any atom is 0.255 e. The molecule has 1 aromatic rings. The van der Waals surface area contributed by atoms with E-state index in [0.717, 1.165) is 13.0 Å². The van der Waals surface area contributed by atoms with Gasteiger partial charge in [0, 0.05) is 18.7 Å². The highest BCUT2D eigenvalue weighted by Crippen LogP contribution is 2.28. The van der Waals surface area contributed by atoms with Crippen molar-refractivity contribution < 1.29 is 9.53 Å². The van der Waals surface area contributed by atoms with Crippen molar-refractivity contribution in [3.05, 3.63) is 22.7 Å². The minimum absolute atomic E-state index is 0.183. The highest BCUT2D eigenvalue weighted by molar-refractivity contribution is 6.33. The molecule has 6 heteroatoms. The third-order valence-corrected chi connectivity index (χ3v) is 4.58. The van der Waals surface area contributed by atoms with Gasteiger partial charge in [0.15, 0.2) is 0 Å². The van der Waals surface area contributed by atoms with Crippen LogP contribution in [0.1, 0.15) is 36.0 Å². The van der Waals surface area contributed by atoms with E-state index in [0.29, 0.717) is 34.6 Å². The SMILES string of the molecule is COc1cc(N)c(Cl)cc1C(=O)NCCC1CCCCN1C. The molecule has 5 nitrogen and oxygen atoms in total. The molecule has 1 saturated heterocycles. The predicted octanol–water partition coefficient (Wildman–Crippen LogP) is 2.54. The topological polar surface area (TPSA) is 67.6 Å². The average Bonchev–Trinajstić information content (AvgIpc) is 2.51. The number of anilines is 1. The Kier molecular flexibility index (Phi) is 5.91. The van der Waals surface area contributed by atoms with Crippen molar-refractivity contribution in [2.45, 2.75) is 31.7 Å². The van der Waals surface area contributed by atoms with Gasteiger partial charge in [-0.3, -0.25) is 4.79 Å². The Morgan fingerprint density at radius 2 is 2.27 bits per heavy atom. The minimum atomic E-state index is -0.183. The maximum atomic E-state index is 12.3. The van der Waals surface area contributed by atoms with Gasteiger partial charge in [0.1, 0.15) is 5.75 Å². The quantitative estimate of drug-likeness (QED) is 0.816. The molecule has 1 aliphatic rings. The maximum absolute atomic E-state index is 12.3. The molecular weight excluding hydrogens is 302 g/mol. The Morgan fingerprint density at radius 1 is 1.50 bits per heavy atom. The van der Waals surface area contributed by atoms with Gasteiger partial charge in [0.2, 0.25) is 0 Å². The molecule has 22 heavy (non-hydrogen) atoms. The lowest BCUT2D eigenvalue weighted by Crippen LogP contribution is -2.39. The van der Waals surface area contributed by atoms with Crippen LogP contribution in [-0.4, -0.2) is 44.1 Å². The molecule has 0 aromatic heterocycles. The summed E-state index contributed by atoms with van der Waals surface area (Å²) in [6, 6.07) is 3.68. The molecule has 1 unspecified atom stereocenters. The summed E-state index contributed by atoms with van der Waals surface area (Å²) < 4.78 is 5.21. The van der Waals surface area contributed by atoms with E-state index in [2.05, 4.69) is 17.3 Å². The van der Waals surface area contributed by atoms with Gasteiger partial charge < -0.3 is 20.7 Å². The lowest BCUT2D eigenvalue weighted by molar-refractivity contribution is 0.0942. The number of nitrogens with two attached hydrogens (primary N) is 1. The first-order valence-corrected chi connectivity index (χ1v) is 8.02. The van der Waals surface area contributed by atoms with E-state index in [1.165, 1.54) is 26.4 Å². The number of hydrogen-bond donors (Lipinski definition) is 2. The van der Waals surface area contributed by atoms with Crippen molar-refractivity contribution in [2.75, 3.05) is 33.0 Å². The number of halogens is 1. The summed E-state index contributed by atoms with van der Waals surface area (Å²) in [7, 11) is 3.66. The van der Waals surface area contributed by atoms with E-state index in [-0.39, 0.29) is 5.91 Å². The Balaban J connectivity index is 1.93. The monoisotopic (exact) mass is 325 g/mol. The lowest BCUT2D eigenvalue weighted by Gasteiger charge is -2.32. The standard InChI is InChI=1S/C16H24ClN3O2/c1-20-8-4-3-5-11(20)6-7-19-16(21)12-9-13(17)14(18)10-15(12)22-2/h9-11H,3-8,18H2,1-2H3,(H,19,21). The molecule has 2 rings (SSSR count). The van der Waals surface area contributed by atoms with Crippen LogP contribution in [0, 0.1) is 0 Å². The van der Waals surface area contributed by atoms with Crippen LogP contribution in [0.25, 0.3) is 0 Å². The predicted molar refractivity (Wildman–Crippen MR) is 89.6 cm³/mol. The molecule has 1 atom stereocenters. The zero-order chi connectivity index (χ0) is 16.1. The third-order valence-electron chi connectivity index (χ3n) is 4.25. The Hall–Kier alpha value is -1.46. The summed E-state index contributed by atoms with van der Waals surface area (Å²) >= 11 is 5.99. The lowest BCUT2D eigenvalue weighted by atomic mass is 10.00. The molecule has 3 N–H and O–H groups in total. The zero-order valence-corrected chi connectivity index (χ0v) is 13.9. The zero-order valence-electron chi connectivity index (χ0n) is 13.2. The first-order chi connectivity index (χ1) is 10.5. The molecule has 1 amide bonds. The summed E-state index contributed by atoms with van der Waals surface area (Å²) in [4.78, 5) is 14.7. The minimum Gasteiger partial charge on any atom is -0.496 e. The van der Waals surface area contributed by atoms with Crippen molar-refractivity contribution in [3.8, 4) is 5.75 Å². The van der Waals surface area contributed by atoms with Crippen LogP contribution >= 0.6 is 11.6 Å². The van der Waals surface area contributed by atoms with Gasteiger partial charge in [0.25, 0.3) is 5.91 Å². The first-order valence-electron chi connectivity index (χ1n) is 7.64. The number of carbonyl (C=O) groups is 1. The number of methoxy groups -OCH3 is 1. The van der Waals surface area contributed by atoms with Crippen LogP contribution in [0.3, 0.4) is 0 Å².